The van der Waals surface area contributed by atoms with Crippen molar-refractivity contribution in [3.63, 3.8) is 0 Å². The molecule has 18 heavy (non-hydrogen) atoms. The monoisotopic (exact) mass is 249 g/mol. The van der Waals surface area contributed by atoms with E-state index in [1.165, 1.54) is 25.4 Å². The Morgan fingerprint density at radius 2 is 2.11 bits per heavy atom. The molecule has 0 aliphatic rings. The van der Waals surface area contributed by atoms with Crippen LogP contribution in [0.4, 0.5) is 4.39 Å². The van der Waals surface area contributed by atoms with Crippen LogP contribution in [0.25, 0.3) is 11.3 Å². The second kappa shape index (κ2) is 4.97. The molecule has 1 unspecified atom stereocenters. The molecule has 1 aromatic carbocycles. The smallest absolute Gasteiger partial charge is 0.330 e. The molecule has 0 amide bonds. The van der Waals surface area contributed by atoms with Gasteiger partial charge in [0.05, 0.1) is 19.0 Å². The van der Waals surface area contributed by atoms with Crippen molar-refractivity contribution in [3.05, 3.63) is 42.1 Å². The topological polar surface area (TPSA) is 81.0 Å². The van der Waals surface area contributed by atoms with Crippen molar-refractivity contribution in [2.24, 2.45) is 5.73 Å². The number of nitrogens with two attached hydrogens (primary N) is 1. The number of carbonyl (C=O) groups is 1. The summed E-state index contributed by atoms with van der Waals surface area (Å²) in [4.78, 5) is 18.2. The number of benzene rings is 1. The lowest BCUT2D eigenvalue weighted by Gasteiger charge is -2.05. The van der Waals surface area contributed by atoms with Gasteiger partial charge in [0.1, 0.15) is 11.6 Å². The second-order valence-corrected chi connectivity index (χ2v) is 3.69. The number of ether oxygens (including phenoxy) is 1. The molecule has 1 heterocycles. The Morgan fingerprint density at radius 3 is 2.72 bits per heavy atom. The summed E-state index contributed by atoms with van der Waals surface area (Å²) in [7, 11) is 1.26. The molecule has 6 heteroatoms. The van der Waals surface area contributed by atoms with Gasteiger partial charge in [-0.25, -0.2) is 14.2 Å². The molecule has 2 aromatic rings. The summed E-state index contributed by atoms with van der Waals surface area (Å²) >= 11 is 0. The number of imidazole rings is 1. The fourth-order valence-electron chi connectivity index (χ4n) is 1.51. The van der Waals surface area contributed by atoms with E-state index in [-0.39, 0.29) is 5.82 Å². The van der Waals surface area contributed by atoms with E-state index in [2.05, 4.69) is 14.7 Å². The molecule has 2 rings (SSSR count). The summed E-state index contributed by atoms with van der Waals surface area (Å²) in [6.07, 6.45) is 1.53. The number of aromatic amines is 1. The van der Waals surface area contributed by atoms with Gasteiger partial charge in [-0.15, -0.1) is 0 Å². The average Bonchev–Trinajstić information content (AvgIpc) is 2.87. The van der Waals surface area contributed by atoms with Gasteiger partial charge in [-0.2, -0.15) is 0 Å². The van der Waals surface area contributed by atoms with Crippen LogP contribution in [-0.2, 0) is 9.53 Å². The Balaban J connectivity index is 2.25. The number of methoxy groups -OCH3 is 1. The minimum Gasteiger partial charge on any atom is -0.468 e. The maximum Gasteiger partial charge on any atom is 0.330 e. The molecule has 0 bridgehead atoms. The number of rotatable bonds is 3. The van der Waals surface area contributed by atoms with Crippen LogP contribution in [0.2, 0.25) is 0 Å². The third-order valence-corrected chi connectivity index (χ3v) is 2.50. The molecule has 1 aromatic heterocycles. The van der Waals surface area contributed by atoms with Crippen LogP contribution >= 0.6 is 0 Å². The van der Waals surface area contributed by atoms with Crippen LogP contribution in [0, 0.1) is 5.82 Å². The van der Waals surface area contributed by atoms with E-state index in [1.54, 1.807) is 12.1 Å². The molecule has 0 radical (unpaired) electrons. The van der Waals surface area contributed by atoms with E-state index >= 15 is 0 Å². The first-order valence-corrected chi connectivity index (χ1v) is 5.26. The van der Waals surface area contributed by atoms with E-state index in [0.29, 0.717) is 11.5 Å². The Hall–Kier alpha value is -2.21. The first kappa shape index (κ1) is 12.3. The molecule has 94 valence electrons. The van der Waals surface area contributed by atoms with Gasteiger partial charge in [-0.1, -0.05) is 0 Å². The Bertz CT molecular complexity index is 551. The van der Waals surface area contributed by atoms with Crippen molar-refractivity contribution < 1.29 is 13.9 Å². The van der Waals surface area contributed by atoms with Crippen LogP contribution < -0.4 is 5.73 Å². The van der Waals surface area contributed by atoms with E-state index in [9.17, 15) is 9.18 Å². The number of halogens is 1. The molecule has 0 aliphatic carbocycles. The Labute approximate surface area is 103 Å². The third-order valence-electron chi connectivity index (χ3n) is 2.50. The summed E-state index contributed by atoms with van der Waals surface area (Å²) in [5.41, 5.74) is 7.05. The van der Waals surface area contributed by atoms with Crippen molar-refractivity contribution in [1.82, 2.24) is 9.97 Å². The van der Waals surface area contributed by atoms with E-state index < -0.39 is 12.0 Å². The second-order valence-electron chi connectivity index (χ2n) is 3.69. The number of nitrogens with zero attached hydrogens (tertiary/aromatic N) is 1. The first-order chi connectivity index (χ1) is 8.61. The van der Waals surface area contributed by atoms with Gasteiger partial charge in [0.25, 0.3) is 0 Å². The zero-order chi connectivity index (χ0) is 13.1. The van der Waals surface area contributed by atoms with Crippen LogP contribution in [-0.4, -0.2) is 23.0 Å². The molecule has 0 fully saturated rings. The Morgan fingerprint density at radius 1 is 1.44 bits per heavy atom. The highest BCUT2D eigenvalue weighted by molar-refractivity contribution is 5.76. The molecular weight excluding hydrogens is 237 g/mol. The van der Waals surface area contributed by atoms with Gasteiger partial charge in [-0.05, 0) is 29.8 Å². The molecule has 3 N–H and O–H groups in total. The summed E-state index contributed by atoms with van der Waals surface area (Å²) in [5.74, 6) is -0.582. The van der Waals surface area contributed by atoms with Crippen molar-refractivity contribution in [2.45, 2.75) is 6.04 Å². The zero-order valence-electron chi connectivity index (χ0n) is 9.68. The van der Waals surface area contributed by atoms with Crippen molar-refractivity contribution in [1.29, 1.82) is 0 Å². The third kappa shape index (κ3) is 2.38. The van der Waals surface area contributed by atoms with Crippen LogP contribution in [0.3, 0.4) is 0 Å². The largest absolute Gasteiger partial charge is 0.468 e. The highest BCUT2D eigenvalue weighted by Gasteiger charge is 2.19. The lowest BCUT2D eigenvalue weighted by molar-refractivity contribution is -0.142. The fraction of sp³-hybridized carbons (Fsp3) is 0.167. The Kier molecular flexibility index (Phi) is 3.38. The number of aromatic nitrogens is 2. The zero-order valence-corrected chi connectivity index (χ0v) is 9.68. The minimum atomic E-state index is -0.954. The maximum atomic E-state index is 12.8. The van der Waals surface area contributed by atoms with Crippen molar-refractivity contribution in [3.8, 4) is 11.3 Å². The number of nitrogens with one attached hydrogen (secondary N) is 1. The molecule has 0 saturated carbocycles. The quantitative estimate of drug-likeness (QED) is 0.805. The van der Waals surface area contributed by atoms with E-state index in [4.69, 9.17) is 5.73 Å². The van der Waals surface area contributed by atoms with Gasteiger partial charge in [0.15, 0.2) is 6.04 Å². The number of hydrogen-bond donors (Lipinski definition) is 2. The van der Waals surface area contributed by atoms with E-state index in [0.717, 1.165) is 5.56 Å². The van der Waals surface area contributed by atoms with Crippen molar-refractivity contribution >= 4 is 5.97 Å². The van der Waals surface area contributed by atoms with Gasteiger partial charge >= 0.3 is 5.97 Å². The maximum absolute atomic E-state index is 12.8. The summed E-state index contributed by atoms with van der Waals surface area (Å²) in [6, 6.07) is 4.95. The molecule has 1 atom stereocenters. The predicted octanol–water partition coefficient (Wildman–Crippen LogP) is 1.39. The molecule has 5 nitrogen and oxygen atoms in total. The van der Waals surface area contributed by atoms with Crippen LogP contribution in [0.15, 0.2) is 30.5 Å². The first-order valence-electron chi connectivity index (χ1n) is 5.26. The van der Waals surface area contributed by atoms with Gasteiger partial charge in [0, 0.05) is 0 Å². The minimum absolute atomic E-state index is 0.307. The molecular formula is C12H12FN3O2. The van der Waals surface area contributed by atoms with Crippen LogP contribution in [0.5, 0.6) is 0 Å². The highest BCUT2D eigenvalue weighted by atomic mass is 19.1. The number of hydrogen-bond acceptors (Lipinski definition) is 4. The lowest BCUT2D eigenvalue weighted by Crippen LogP contribution is -2.23. The van der Waals surface area contributed by atoms with Crippen LogP contribution in [0.1, 0.15) is 11.9 Å². The summed E-state index contributed by atoms with van der Waals surface area (Å²) in [5, 5.41) is 0. The normalized spacial score (nSPS) is 12.2. The number of carbonyl (C=O) groups excluding carboxylic acids is 1. The molecule has 0 saturated heterocycles. The lowest BCUT2D eigenvalue weighted by atomic mass is 10.2. The highest BCUT2D eigenvalue weighted by Crippen LogP contribution is 2.19. The summed E-state index contributed by atoms with van der Waals surface area (Å²) < 4.78 is 17.3. The number of esters is 1. The fourth-order valence-corrected chi connectivity index (χ4v) is 1.51. The standard InChI is InChI=1S/C12H12FN3O2/c1-18-12(17)10(14)11-15-6-9(16-11)7-2-4-8(13)5-3-7/h2-6,10H,14H2,1H3,(H,15,16). The average molecular weight is 249 g/mol. The van der Waals surface area contributed by atoms with Gasteiger partial charge < -0.3 is 15.5 Å². The summed E-state index contributed by atoms with van der Waals surface area (Å²) in [6.45, 7) is 0. The van der Waals surface area contributed by atoms with Crippen molar-refractivity contribution in [2.75, 3.05) is 7.11 Å². The SMILES string of the molecule is COC(=O)C(N)c1ncc(-c2ccc(F)cc2)[nH]1. The van der Waals surface area contributed by atoms with Gasteiger partial charge in [0.2, 0.25) is 0 Å². The molecule has 0 spiro atoms. The predicted molar refractivity (Wildman–Crippen MR) is 62.9 cm³/mol. The van der Waals surface area contributed by atoms with E-state index in [1.807, 2.05) is 0 Å². The number of H-pyrrole nitrogens is 1. The van der Waals surface area contributed by atoms with Gasteiger partial charge in [-0.3, -0.25) is 0 Å². The molecule has 0 aliphatic heterocycles.